The van der Waals surface area contributed by atoms with Crippen LogP contribution in [0.5, 0.6) is 0 Å². The Labute approximate surface area is 79.8 Å². The average Bonchev–Trinajstić information content (AvgIpc) is 2.01. The second kappa shape index (κ2) is 5.41. The van der Waals surface area contributed by atoms with Crippen LogP contribution in [0, 0.1) is 22.8 Å². The van der Waals surface area contributed by atoms with E-state index in [2.05, 4.69) is 13.8 Å². The third kappa shape index (κ3) is 4.36. The van der Waals surface area contributed by atoms with Crippen molar-refractivity contribution in [3.05, 3.63) is 0 Å². The Bertz CT molecular complexity index is 204. The van der Waals surface area contributed by atoms with Gasteiger partial charge in [-0.1, -0.05) is 13.8 Å². The highest BCUT2D eigenvalue weighted by atomic mass is 15.2. The van der Waals surface area contributed by atoms with E-state index in [1.165, 1.54) is 4.90 Å². The summed E-state index contributed by atoms with van der Waals surface area (Å²) in [5, 5.41) is 15.8. The third-order valence-electron chi connectivity index (χ3n) is 1.97. The van der Waals surface area contributed by atoms with Crippen molar-refractivity contribution in [2.45, 2.75) is 39.7 Å². The van der Waals surface area contributed by atoms with E-state index >= 15 is 0 Å². The zero-order chi connectivity index (χ0) is 10.4. The summed E-state index contributed by atoms with van der Waals surface area (Å²) in [6, 6.07) is 0.0323. The molecule has 0 bridgehead atoms. The lowest BCUT2D eigenvalue weighted by Crippen LogP contribution is -2.39. The number of hydrogen-bond donors (Lipinski definition) is 2. The van der Waals surface area contributed by atoms with E-state index in [0.29, 0.717) is 5.92 Å². The Balaban J connectivity index is 4.01. The molecule has 4 nitrogen and oxygen atoms in total. The fourth-order valence-electron chi connectivity index (χ4n) is 1.09. The topological polar surface area (TPSA) is 76.9 Å². The summed E-state index contributed by atoms with van der Waals surface area (Å²) in [6.45, 7) is 6.18. The van der Waals surface area contributed by atoms with E-state index in [0.717, 1.165) is 12.8 Å². The van der Waals surface area contributed by atoms with Crippen LogP contribution in [0.25, 0.3) is 0 Å². The molecular formula is C9H18N4. The molecule has 13 heavy (non-hydrogen) atoms. The van der Waals surface area contributed by atoms with Crippen LogP contribution in [0.1, 0.15) is 33.6 Å². The first-order valence-electron chi connectivity index (χ1n) is 4.52. The van der Waals surface area contributed by atoms with Gasteiger partial charge in [0.25, 0.3) is 0 Å². The Hall–Kier alpha value is -1.24. The predicted molar refractivity (Wildman–Crippen MR) is 52.9 cm³/mol. The maximum atomic E-state index is 8.69. The average molecular weight is 182 g/mol. The molecule has 0 aromatic carbocycles. The summed E-state index contributed by atoms with van der Waals surface area (Å²) < 4.78 is 0. The van der Waals surface area contributed by atoms with E-state index in [4.69, 9.17) is 16.4 Å². The first-order chi connectivity index (χ1) is 5.99. The minimum Gasteiger partial charge on any atom is -0.369 e. The van der Waals surface area contributed by atoms with Crippen molar-refractivity contribution < 1.29 is 0 Å². The normalized spacial score (nSPS) is 12.2. The van der Waals surface area contributed by atoms with Gasteiger partial charge in [0.05, 0.1) is 0 Å². The lowest BCUT2D eigenvalue weighted by atomic mass is 10.0. The number of rotatable bonds is 4. The van der Waals surface area contributed by atoms with Crippen LogP contribution in [0.4, 0.5) is 0 Å². The maximum Gasteiger partial charge on any atom is 0.202 e. The van der Waals surface area contributed by atoms with Crippen LogP contribution in [-0.4, -0.2) is 16.9 Å². The van der Waals surface area contributed by atoms with Gasteiger partial charge in [0.1, 0.15) is 0 Å². The number of guanidine groups is 1. The molecule has 0 spiro atoms. The molecule has 0 aliphatic carbocycles. The standard InChI is InChI=1S/C9H18N4/c1-7(2)4-5-8(3)13(6-10)9(11)12/h7-8H,4-5H2,1-3H3,(H3,11,12). The van der Waals surface area contributed by atoms with Crippen LogP contribution in [0.3, 0.4) is 0 Å². The van der Waals surface area contributed by atoms with Gasteiger partial charge in [0, 0.05) is 6.04 Å². The Morgan fingerprint density at radius 1 is 1.46 bits per heavy atom. The molecule has 0 saturated carbocycles. The molecule has 0 saturated heterocycles. The summed E-state index contributed by atoms with van der Waals surface area (Å²) in [5.74, 6) is 0.453. The van der Waals surface area contributed by atoms with E-state index < -0.39 is 0 Å². The second-order valence-electron chi connectivity index (χ2n) is 3.68. The number of hydrogen-bond acceptors (Lipinski definition) is 2. The van der Waals surface area contributed by atoms with Gasteiger partial charge in [-0.3, -0.25) is 5.41 Å². The summed E-state index contributed by atoms with van der Waals surface area (Å²) >= 11 is 0. The molecule has 0 radical (unpaired) electrons. The summed E-state index contributed by atoms with van der Waals surface area (Å²) in [6.07, 6.45) is 3.85. The molecule has 0 aliphatic heterocycles. The summed E-state index contributed by atoms with van der Waals surface area (Å²) in [4.78, 5) is 1.24. The lowest BCUT2D eigenvalue weighted by Gasteiger charge is -2.21. The van der Waals surface area contributed by atoms with Gasteiger partial charge < -0.3 is 5.73 Å². The van der Waals surface area contributed by atoms with Crippen LogP contribution in [-0.2, 0) is 0 Å². The van der Waals surface area contributed by atoms with Crippen LogP contribution in [0.15, 0.2) is 0 Å². The van der Waals surface area contributed by atoms with Gasteiger partial charge in [-0.15, -0.1) is 0 Å². The third-order valence-corrected chi connectivity index (χ3v) is 1.97. The number of nitriles is 1. The lowest BCUT2D eigenvalue weighted by molar-refractivity contribution is 0.377. The second-order valence-corrected chi connectivity index (χ2v) is 3.68. The van der Waals surface area contributed by atoms with Crippen LogP contribution in [0.2, 0.25) is 0 Å². The quantitative estimate of drug-likeness (QED) is 0.299. The summed E-state index contributed by atoms with van der Waals surface area (Å²) in [7, 11) is 0. The molecule has 3 N–H and O–H groups in total. The Morgan fingerprint density at radius 3 is 2.31 bits per heavy atom. The van der Waals surface area contributed by atoms with Crippen molar-refractivity contribution >= 4 is 5.96 Å². The van der Waals surface area contributed by atoms with Crippen molar-refractivity contribution in [1.29, 1.82) is 10.7 Å². The molecule has 0 aromatic rings. The Morgan fingerprint density at radius 2 is 2.00 bits per heavy atom. The first kappa shape index (κ1) is 11.8. The zero-order valence-electron chi connectivity index (χ0n) is 8.54. The van der Waals surface area contributed by atoms with Crippen molar-refractivity contribution in [3.63, 3.8) is 0 Å². The Kier molecular flexibility index (Phi) is 4.90. The number of nitrogens with zero attached hydrogens (tertiary/aromatic N) is 2. The molecule has 0 fully saturated rings. The highest BCUT2D eigenvalue weighted by Crippen LogP contribution is 2.10. The van der Waals surface area contributed by atoms with Crippen molar-refractivity contribution in [2.75, 3.05) is 0 Å². The number of nitrogens with one attached hydrogen (secondary N) is 1. The largest absolute Gasteiger partial charge is 0.369 e. The minimum atomic E-state index is -0.168. The van der Waals surface area contributed by atoms with Gasteiger partial charge >= 0.3 is 0 Å². The molecule has 0 rings (SSSR count). The van der Waals surface area contributed by atoms with E-state index in [-0.39, 0.29) is 12.0 Å². The predicted octanol–water partition coefficient (Wildman–Crippen LogP) is 1.49. The highest BCUT2D eigenvalue weighted by molar-refractivity contribution is 5.76. The van der Waals surface area contributed by atoms with E-state index in [1.807, 2.05) is 13.1 Å². The minimum absolute atomic E-state index is 0.0323. The van der Waals surface area contributed by atoms with E-state index in [9.17, 15) is 0 Å². The van der Waals surface area contributed by atoms with Gasteiger partial charge in [0.2, 0.25) is 5.96 Å². The van der Waals surface area contributed by atoms with Crippen molar-refractivity contribution in [2.24, 2.45) is 11.7 Å². The molecular weight excluding hydrogens is 164 g/mol. The monoisotopic (exact) mass is 182 g/mol. The zero-order valence-corrected chi connectivity index (χ0v) is 8.54. The maximum absolute atomic E-state index is 8.69. The molecule has 1 atom stereocenters. The molecule has 0 amide bonds. The molecule has 74 valence electrons. The first-order valence-corrected chi connectivity index (χ1v) is 4.52. The molecule has 0 heterocycles. The van der Waals surface area contributed by atoms with Gasteiger partial charge in [-0.2, -0.15) is 5.26 Å². The fraction of sp³-hybridized carbons (Fsp3) is 0.778. The molecule has 1 unspecified atom stereocenters. The van der Waals surface area contributed by atoms with Crippen LogP contribution >= 0.6 is 0 Å². The van der Waals surface area contributed by atoms with Gasteiger partial charge in [-0.25, -0.2) is 4.90 Å². The van der Waals surface area contributed by atoms with Gasteiger partial charge in [0.15, 0.2) is 6.19 Å². The SMILES string of the molecule is CC(C)CCC(C)N(C#N)C(=N)N. The van der Waals surface area contributed by atoms with Gasteiger partial charge in [-0.05, 0) is 25.7 Å². The molecule has 0 aliphatic rings. The molecule has 0 aromatic heterocycles. The smallest absolute Gasteiger partial charge is 0.202 e. The molecule has 4 heteroatoms. The fourth-order valence-corrected chi connectivity index (χ4v) is 1.09. The van der Waals surface area contributed by atoms with Crippen molar-refractivity contribution in [1.82, 2.24) is 4.90 Å². The highest BCUT2D eigenvalue weighted by Gasteiger charge is 2.14. The summed E-state index contributed by atoms with van der Waals surface area (Å²) in [5.41, 5.74) is 5.24. The van der Waals surface area contributed by atoms with Crippen LogP contribution < -0.4 is 5.73 Å². The number of nitrogens with two attached hydrogens (primary N) is 1. The van der Waals surface area contributed by atoms with Crippen molar-refractivity contribution in [3.8, 4) is 6.19 Å². The van der Waals surface area contributed by atoms with E-state index in [1.54, 1.807) is 0 Å².